The van der Waals surface area contributed by atoms with Crippen LogP contribution in [0.5, 0.6) is 0 Å². The largest absolute Gasteiger partial charge is 0.383 e. The van der Waals surface area contributed by atoms with Crippen LogP contribution in [-0.2, 0) is 0 Å². The molecule has 0 amide bonds. The molecule has 0 bridgehead atoms. The predicted molar refractivity (Wildman–Crippen MR) is 127 cm³/mol. The second-order valence-corrected chi connectivity index (χ2v) is 7.50. The van der Waals surface area contributed by atoms with Crippen LogP contribution in [0.15, 0.2) is 35.4 Å². The van der Waals surface area contributed by atoms with E-state index in [0.717, 1.165) is 62.5 Å². The van der Waals surface area contributed by atoms with Crippen molar-refractivity contribution in [2.45, 2.75) is 65.2 Å². The monoisotopic (exact) mass is 428 g/mol. The third-order valence-electron chi connectivity index (χ3n) is 5.07. The van der Waals surface area contributed by atoms with Crippen molar-refractivity contribution < 1.29 is 0 Å². The lowest BCUT2D eigenvalue weighted by atomic mass is 10.0. The molecule has 0 spiro atoms. The Labute approximate surface area is 192 Å². The van der Waals surface area contributed by atoms with E-state index in [1.165, 1.54) is 0 Å². The number of unbranched alkanes of at least 4 members (excludes halogenated alkanes) is 6. The summed E-state index contributed by atoms with van der Waals surface area (Å²) in [7, 11) is 0. The van der Waals surface area contributed by atoms with Gasteiger partial charge in [-0.05, 0) is 24.0 Å². The van der Waals surface area contributed by atoms with Gasteiger partial charge in [-0.15, -0.1) is 0 Å². The summed E-state index contributed by atoms with van der Waals surface area (Å²) in [6.45, 7) is 5.66. The van der Waals surface area contributed by atoms with Crippen molar-refractivity contribution in [2.75, 3.05) is 13.1 Å². The maximum atomic E-state index is 9.38. The molecule has 0 radical (unpaired) electrons. The highest BCUT2D eigenvalue weighted by atomic mass is 14.9. The van der Waals surface area contributed by atoms with E-state index >= 15 is 0 Å². The molecule has 0 aliphatic carbocycles. The SMILES string of the molecule is CCCCCCNC(=C(C#N)C#N)c1ccc(C(NCCCCCC)=C(C#N)C#N)cc1. The smallest absolute Gasteiger partial charge is 0.153 e. The second-order valence-electron chi connectivity index (χ2n) is 7.50. The zero-order valence-electron chi connectivity index (χ0n) is 19.2. The van der Waals surface area contributed by atoms with Gasteiger partial charge in [0.2, 0.25) is 0 Å². The summed E-state index contributed by atoms with van der Waals surface area (Å²) in [6, 6.07) is 15.1. The van der Waals surface area contributed by atoms with E-state index in [2.05, 4.69) is 24.5 Å². The lowest BCUT2D eigenvalue weighted by molar-refractivity contribution is 0.649. The predicted octanol–water partition coefficient (Wildman–Crippen LogP) is 5.54. The van der Waals surface area contributed by atoms with Gasteiger partial charge >= 0.3 is 0 Å². The van der Waals surface area contributed by atoms with Crippen LogP contribution in [0, 0.1) is 45.3 Å². The summed E-state index contributed by atoms with van der Waals surface area (Å²) in [5.41, 5.74) is 2.54. The van der Waals surface area contributed by atoms with Gasteiger partial charge in [0.25, 0.3) is 0 Å². The molecule has 0 aromatic heterocycles. The molecular weight excluding hydrogens is 396 g/mol. The Morgan fingerprint density at radius 3 is 1.22 bits per heavy atom. The average molecular weight is 429 g/mol. The summed E-state index contributed by atoms with van der Waals surface area (Å²) < 4.78 is 0. The van der Waals surface area contributed by atoms with Gasteiger partial charge in [0.05, 0.1) is 11.4 Å². The minimum absolute atomic E-state index is 0.0350. The Morgan fingerprint density at radius 1 is 0.594 bits per heavy atom. The van der Waals surface area contributed by atoms with Crippen molar-refractivity contribution >= 4 is 11.4 Å². The van der Waals surface area contributed by atoms with E-state index in [9.17, 15) is 21.0 Å². The highest BCUT2D eigenvalue weighted by Crippen LogP contribution is 2.21. The van der Waals surface area contributed by atoms with E-state index < -0.39 is 0 Å². The molecule has 0 unspecified atom stereocenters. The lowest BCUT2D eigenvalue weighted by Gasteiger charge is -2.14. The zero-order chi connectivity index (χ0) is 23.6. The molecule has 6 nitrogen and oxygen atoms in total. The van der Waals surface area contributed by atoms with Crippen molar-refractivity contribution in [2.24, 2.45) is 0 Å². The molecular formula is C26H32N6. The number of benzene rings is 1. The van der Waals surface area contributed by atoms with Crippen LogP contribution in [0.3, 0.4) is 0 Å². The molecule has 0 saturated heterocycles. The first-order valence-electron chi connectivity index (χ1n) is 11.3. The van der Waals surface area contributed by atoms with Gasteiger partial charge in [0, 0.05) is 13.1 Å². The van der Waals surface area contributed by atoms with Gasteiger partial charge < -0.3 is 10.6 Å². The van der Waals surface area contributed by atoms with Gasteiger partial charge in [-0.1, -0.05) is 76.6 Å². The number of allylic oxidation sites excluding steroid dienone is 2. The number of nitrogens with one attached hydrogen (secondary N) is 2. The Bertz CT molecular complexity index is 831. The van der Waals surface area contributed by atoms with Gasteiger partial charge in [-0.25, -0.2) is 0 Å². The normalized spacial score (nSPS) is 9.44. The van der Waals surface area contributed by atoms with E-state index in [1.807, 2.05) is 48.5 Å². The van der Waals surface area contributed by atoms with Gasteiger partial charge in [0.1, 0.15) is 24.3 Å². The first-order chi connectivity index (χ1) is 15.7. The molecule has 0 aliphatic heterocycles. The van der Waals surface area contributed by atoms with Gasteiger partial charge in [-0.2, -0.15) is 21.0 Å². The first kappa shape index (κ1) is 26.3. The van der Waals surface area contributed by atoms with Crippen LogP contribution in [0.2, 0.25) is 0 Å². The fourth-order valence-corrected chi connectivity index (χ4v) is 3.28. The maximum absolute atomic E-state index is 9.38. The Balaban J connectivity index is 3.11. The number of nitriles is 4. The van der Waals surface area contributed by atoms with Crippen molar-refractivity contribution in [3.05, 3.63) is 46.5 Å². The Morgan fingerprint density at radius 2 is 0.938 bits per heavy atom. The molecule has 1 aromatic carbocycles. The number of hydrogen-bond acceptors (Lipinski definition) is 6. The van der Waals surface area contributed by atoms with Crippen molar-refractivity contribution in [3.63, 3.8) is 0 Å². The zero-order valence-corrected chi connectivity index (χ0v) is 19.2. The van der Waals surface area contributed by atoms with E-state index in [0.29, 0.717) is 24.5 Å². The van der Waals surface area contributed by atoms with Gasteiger partial charge in [0.15, 0.2) is 11.1 Å². The van der Waals surface area contributed by atoms with Crippen LogP contribution in [-0.4, -0.2) is 13.1 Å². The molecule has 0 atom stereocenters. The molecule has 166 valence electrons. The third kappa shape index (κ3) is 8.55. The lowest BCUT2D eigenvalue weighted by Crippen LogP contribution is -2.17. The van der Waals surface area contributed by atoms with Crippen LogP contribution in [0.25, 0.3) is 11.4 Å². The minimum Gasteiger partial charge on any atom is -0.383 e. The summed E-state index contributed by atoms with van der Waals surface area (Å²) >= 11 is 0. The third-order valence-corrected chi connectivity index (χ3v) is 5.07. The highest BCUT2D eigenvalue weighted by Gasteiger charge is 2.12. The fourth-order valence-electron chi connectivity index (χ4n) is 3.28. The summed E-state index contributed by atoms with van der Waals surface area (Å²) in [5, 5.41) is 44.0. The van der Waals surface area contributed by atoms with Crippen LogP contribution in [0.4, 0.5) is 0 Å². The summed E-state index contributed by atoms with van der Waals surface area (Å²) in [4.78, 5) is 0. The molecule has 6 heteroatoms. The molecule has 0 aliphatic rings. The van der Waals surface area contributed by atoms with Crippen molar-refractivity contribution in [3.8, 4) is 24.3 Å². The Kier molecular flexibility index (Phi) is 13.2. The molecule has 2 N–H and O–H groups in total. The maximum Gasteiger partial charge on any atom is 0.153 e. The second kappa shape index (κ2) is 16.0. The fraction of sp³-hybridized carbons (Fsp3) is 0.462. The topological polar surface area (TPSA) is 119 Å². The van der Waals surface area contributed by atoms with Crippen molar-refractivity contribution in [1.29, 1.82) is 21.0 Å². The molecule has 0 heterocycles. The van der Waals surface area contributed by atoms with Crippen LogP contribution < -0.4 is 10.6 Å². The molecule has 32 heavy (non-hydrogen) atoms. The van der Waals surface area contributed by atoms with E-state index in [4.69, 9.17) is 0 Å². The van der Waals surface area contributed by atoms with E-state index in [1.54, 1.807) is 0 Å². The average Bonchev–Trinajstić information content (AvgIpc) is 2.83. The quantitative estimate of drug-likeness (QED) is 0.296. The summed E-state index contributed by atoms with van der Waals surface area (Å²) in [5.74, 6) is 0. The van der Waals surface area contributed by atoms with Crippen molar-refractivity contribution in [1.82, 2.24) is 10.6 Å². The first-order valence-corrected chi connectivity index (χ1v) is 11.3. The molecule has 1 aromatic rings. The number of nitrogens with zero attached hydrogens (tertiary/aromatic N) is 4. The Hall–Kier alpha value is -3.74. The van der Waals surface area contributed by atoms with Crippen LogP contribution >= 0.6 is 0 Å². The molecule has 0 fully saturated rings. The van der Waals surface area contributed by atoms with Crippen LogP contribution in [0.1, 0.15) is 76.3 Å². The minimum atomic E-state index is 0.0350. The number of rotatable bonds is 14. The van der Waals surface area contributed by atoms with Gasteiger partial charge in [-0.3, -0.25) is 0 Å². The van der Waals surface area contributed by atoms with E-state index in [-0.39, 0.29) is 11.1 Å². The standard InChI is InChI=1S/C26H32N6/c1-3-5-7-9-15-31-25(23(17-27)18-28)21-11-13-22(14-12-21)26(24(19-29)20-30)32-16-10-8-6-4-2/h11-14,31-32H,3-10,15-16H2,1-2H3. The molecule has 1 rings (SSSR count). The number of hydrogen-bond donors (Lipinski definition) is 2. The summed E-state index contributed by atoms with van der Waals surface area (Å²) in [6.07, 6.45) is 8.69. The molecule has 0 saturated carbocycles. The highest BCUT2D eigenvalue weighted by molar-refractivity contribution is 5.77.